The largest absolute Gasteiger partial charge is 0.493 e. The first-order chi connectivity index (χ1) is 16.9. The highest BCUT2D eigenvalue weighted by Crippen LogP contribution is 2.27. The summed E-state index contributed by atoms with van der Waals surface area (Å²) in [5, 5.41) is 7.42. The molecule has 1 amide bonds. The maximum atomic E-state index is 12.7. The van der Waals surface area contributed by atoms with Gasteiger partial charge in [-0.3, -0.25) is 4.79 Å². The number of nitrogens with one attached hydrogen (secondary N) is 1. The van der Waals surface area contributed by atoms with E-state index in [4.69, 9.17) is 14.2 Å². The van der Waals surface area contributed by atoms with E-state index in [0.717, 1.165) is 23.4 Å². The van der Waals surface area contributed by atoms with Gasteiger partial charge in [-0.15, -0.1) is 0 Å². The lowest BCUT2D eigenvalue weighted by Gasteiger charge is -2.13. The predicted molar refractivity (Wildman–Crippen MR) is 134 cm³/mol. The van der Waals surface area contributed by atoms with Crippen LogP contribution in [-0.4, -0.2) is 49.0 Å². The van der Waals surface area contributed by atoms with Gasteiger partial charge in [0.25, 0.3) is 5.91 Å². The molecule has 0 aliphatic heterocycles. The average molecular weight is 480 g/mol. The molecule has 1 atom stereocenters. The van der Waals surface area contributed by atoms with Crippen LogP contribution in [0.25, 0.3) is 5.69 Å². The molecule has 2 aromatic carbocycles. The number of aromatic nitrogens is 2. The number of ether oxygens (including phenoxy) is 3. The molecule has 0 radical (unpaired) electrons. The monoisotopic (exact) mass is 479 g/mol. The van der Waals surface area contributed by atoms with E-state index in [1.54, 1.807) is 44.0 Å². The Morgan fingerprint density at radius 1 is 1.00 bits per heavy atom. The van der Waals surface area contributed by atoms with Crippen LogP contribution >= 0.6 is 0 Å². The van der Waals surface area contributed by atoms with E-state index in [1.807, 2.05) is 30.3 Å². The molecule has 3 rings (SSSR count). The van der Waals surface area contributed by atoms with E-state index in [9.17, 15) is 9.59 Å². The summed E-state index contributed by atoms with van der Waals surface area (Å²) < 4.78 is 17.5. The van der Waals surface area contributed by atoms with E-state index >= 15 is 0 Å². The lowest BCUT2D eigenvalue weighted by Crippen LogP contribution is -2.25. The van der Waals surface area contributed by atoms with Crippen LogP contribution in [-0.2, 0) is 11.2 Å². The molecule has 0 saturated heterocycles. The number of nitrogens with zero attached hydrogens (tertiary/aromatic N) is 2. The third-order valence-corrected chi connectivity index (χ3v) is 5.86. The minimum absolute atomic E-state index is 0.160. The third-order valence-electron chi connectivity index (χ3n) is 5.86. The summed E-state index contributed by atoms with van der Waals surface area (Å²) in [6, 6.07) is 14.7. The van der Waals surface area contributed by atoms with Crippen molar-refractivity contribution in [2.24, 2.45) is 0 Å². The Bertz CT molecular complexity index is 1150. The van der Waals surface area contributed by atoms with Crippen molar-refractivity contribution in [1.82, 2.24) is 15.1 Å². The topological polar surface area (TPSA) is 91.7 Å². The first-order valence-electron chi connectivity index (χ1n) is 11.8. The zero-order chi connectivity index (χ0) is 25.4. The predicted octanol–water partition coefficient (Wildman–Crippen LogP) is 4.55. The van der Waals surface area contributed by atoms with Gasteiger partial charge in [-0.05, 0) is 73.7 Å². The molecule has 0 saturated carbocycles. The zero-order valence-corrected chi connectivity index (χ0v) is 21.0. The smallest absolute Gasteiger partial charge is 0.358 e. The van der Waals surface area contributed by atoms with Gasteiger partial charge in [-0.25, -0.2) is 9.48 Å². The van der Waals surface area contributed by atoms with Crippen LogP contribution in [0.5, 0.6) is 11.5 Å². The van der Waals surface area contributed by atoms with Crippen LogP contribution in [0, 0.1) is 0 Å². The number of amides is 1. The molecule has 1 heterocycles. The number of carbonyl (C=O) groups is 2. The summed E-state index contributed by atoms with van der Waals surface area (Å²) in [6.07, 6.45) is 1.56. The molecule has 1 N–H and O–H groups in total. The third kappa shape index (κ3) is 6.20. The van der Waals surface area contributed by atoms with Gasteiger partial charge < -0.3 is 19.5 Å². The minimum Gasteiger partial charge on any atom is -0.493 e. The van der Waals surface area contributed by atoms with Gasteiger partial charge >= 0.3 is 5.97 Å². The molecule has 8 heteroatoms. The van der Waals surface area contributed by atoms with Crippen LogP contribution in [0.3, 0.4) is 0 Å². The Morgan fingerprint density at radius 3 is 2.34 bits per heavy atom. The number of rotatable bonds is 11. The summed E-state index contributed by atoms with van der Waals surface area (Å²) >= 11 is 0. The summed E-state index contributed by atoms with van der Waals surface area (Å²) in [6.45, 7) is 6.71. The van der Waals surface area contributed by atoms with Crippen LogP contribution < -0.4 is 14.8 Å². The highest BCUT2D eigenvalue weighted by Gasteiger charge is 2.19. The molecule has 186 valence electrons. The molecule has 0 unspecified atom stereocenters. The standard InChI is InChI=1S/C27H33N3O5/c1-6-18(3)23-17-22(27(32)35-7-2)29-30(23)21-11-9-20(10-12-21)26(31)28-15-14-19-8-13-24(33-4)25(16-19)34-5/h8-13,16-18H,6-7,14-15H2,1-5H3,(H,28,31)/t18-/m0/s1. The molecular weight excluding hydrogens is 446 g/mol. The van der Waals surface area contributed by atoms with E-state index in [2.05, 4.69) is 24.3 Å². The second kappa shape index (κ2) is 12.1. The molecule has 0 aliphatic rings. The van der Waals surface area contributed by atoms with Crippen molar-refractivity contribution < 1.29 is 23.8 Å². The number of methoxy groups -OCH3 is 2. The summed E-state index contributed by atoms with van der Waals surface area (Å²) in [7, 11) is 3.19. The summed E-state index contributed by atoms with van der Waals surface area (Å²) in [5.74, 6) is 0.926. The van der Waals surface area contributed by atoms with Crippen molar-refractivity contribution in [3.63, 3.8) is 0 Å². The van der Waals surface area contributed by atoms with Gasteiger partial charge in [-0.2, -0.15) is 5.10 Å². The Balaban J connectivity index is 1.68. The van der Waals surface area contributed by atoms with E-state index < -0.39 is 5.97 Å². The Hall–Kier alpha value is -3.81. The number of carbonyl (C=O) groups excluding carboxylic acids is 2. The minimum atomic E-state index is -0.443. The fourth-order valence-corrected chi connectivity index (χ4v) is 3.68. The van der Waals surface area contributed by atoms with Crippen LogP contribution in [0.4, 0.5) is 0 Å². The second-order valence-corrected chi connectivity index (χ2v) is 8.14. The quantitative estimate of drug-likeness (QED) is 0.406. The van der Waals surface area contributed by atoms with Gasteiger partial charge in [0.2, 0.25) is 0 Å². The van der Waals surface area contributed by atoms with E-state index in [0.29, 0.717) is 36.6 Å². The van der Waals surface area contributed by atoms with Crippen molar-refractivity contribution in [2.75, 3.05) is 27.4 Å². The molecule has 3 aromatic rings. The van der Waals surface area contributed by atoms with Crippen LogP contribution in [0.2, 0.25) is 0 Å². The first kappa shape index (κ1) is 25.8. The number of hydrogen-bond acceptors (Lipinski definition) is 6. The summed E-state index contributed by atoms with van der Waals surface area (Å²) in [4.78, 5) is 24.9. The average Bonchev–Trinajstić information content (AvgIpc) is 3.34. The van der Waals surface area contributed by atoms with Crippen LogP contribution in [0.1, 0.15) is 65.2 Å². The fraction of sp³-hybridized carbons (Fsp3) is 0.370. The molecule has 0 aliphatic carbocycles. The number of hydrogen-bond donors (Lipinski definition) is 1. The van der Waals surface area contributed by atoms with Gasteiger partial charge in [0.05, 0.1) is 26.5 Å². The van der Waals surface area contributed by atoms with Gasteiger partial charge in [-0.1, -0.05) is 19.9 Å². The highest BCUT2D eigenvalue weighted by molar-refractivity contribution is 5.94. The maximum absolute atomic E-state index is 12.7. The number of esters is 1. The van der Waals surface area contributed by atoms with Gasteiger partial charge in [0.15, 0.2) is 17.2 Å². The lowest BCUT2D eigenvalue weighted by atomic mass is 10.0. The Kier molecular flexibility index (Phi) is 8.89. The van der Waals surface area contributed by atoms with Crippen molar-refractivity contribution in [3.05, 3.63) is 71.0 Å². The Labute approximate surface area is 206 Å². The van der Waals surface area contributed by atoms with E-state index in [-0.39, 0.29) is 17.5 Å². The van der Waals surface area contributed by atoms with Gasteiger partial charge in [0, 0.05) is 17.8 Å². The molecule has 0 spiro atoms. The molecule has 0 fully saturated rings. The first-order valence-corrected chi connectivity index (χ1v) is 11.8. The van der Waals surface area contributed by atoms with Crippen molar-refractivity contribution >= 4 is 11.9 Å². The van der Waals surface area contributed by atoms with Crippen molar-refractivity contribution in [1.29, 1.82) is 0 Å². The SMILES string of the molecule is CCOC(=O)c1cc([C@@H](C)CC)n(-c2ccc(C(=O)NCCc3ccc(OC)c(OC)c3)cc2)n1. The lowest BCUT2D eigenvalue weighted by molar-refractivity contribution is 0.0518. The summed E-state index contributed by atoms with van der Waals surface area (Å²) in [5.41, 5.74) is 3.55. The molecule has 1 aromatic heterocycles. The van der Waals surface area contributed by atoms with Gasteiger partial charge in [0.1, 0.15) is 0 Å². The zero-order valence-electron chi connectivity index (χ0n) is 21.0. The maximum Gasteiger partial charge on any atom is 0.358 e. The molecular formula is C27H33N3O5. The highest BCUT2D eigenvalue weighted by atomic mass is 16.5. The van der Waals surface area contributed by atoms with Crippen LogP contribution in [0.15, 0.2) is 48.5 Å². The molecule has 35 heavy (non-hydrogen) atoms. The number of benzene rings is 2. The van der Waals surface area contributed by atoms with E-state index in [1.165, 1.54) is 0 Å². The normalized spacial score (nSPS) is 11.6. The molecule has 0 bridgehead atoms. The fourth-order valence-electron chi connectivity index (χ4n) is 3.68. The van der Waals surface area contributed by atoms with Crippen molar-refractivity contribution in [2.45, 2.75) is 39.5 Å². The Morgan fingerprint density at radius 2 is 1.71 bits per heavy atom. The molecule has 8 nitrogen and oxygen atoms in total. The second-order valence-electron chi connectivity index (χ2n) is 8.14. The van der Waals surface area contributed by atoms with Crippen molar-refractivity contribution in [3.8, 4) is 17.2 Å².